The zero-order valence-corrected chi connectivity index (χ0v) is 11.1. The predicted octanol–water partition coefficient (Wildman–Crippen LogP) is 2.21. The van der Waals surface area contributed by atoms with E-state index >= 15 is 0 Å². The third kappa shape index (κ3) is 4.92. The average Bonchev–Trinajstić information content (AvgIpc) is 2.34. The standard InChI is InChI=1S/C15H19NO2/c1-12(2)11-15(17)16-10-6-8-13-7-4-5-9-14(13)18-3/h4-5,7,9,12H,10-11H2,1-3H3,(H,16,17). The Bertz CT molecular complexity index is 455. The number of amides is 1. The molecule has 0 radical (unpaired) electrons. The fraction of sp³-hybridized carbons (Fsp3) is 0.400. The van der Waals surface area contributed by atoms with Crippen molar-refractivity contribution in [3.8, 4) is 17.6 Å². The molecule has 3 heteroatoms. The van der Waals surface area contributed by atoms with E-state index in [1.54, 1.807) is 7.11 Å². The van der Waals surface area contributed by atoms with Gasteiger partial charge in [0.05, 0.1) is 19.2 Å². The molecule has 0 fully saturated rings. The van der Waals surface area contributed by atoms with Crippen LogP contribution in [0.2, 0.25) is 0 Å². The molecule has 0 aliphatic carbocycles. The highest BCUT2D eigenvalue weighted by molar-refractivity contribution is 5.76. The lowest BCUT2D eigenvalue weighted by molar-refractivity contribution is -0.121. The molecule has 96 valence electrons. The van der Waals surface area contributed by atoms with Crippen LogP contribution in [-0.2, 0) is 4.79 Å². The van der Waals surface area contributed by atoms with Crippen LogP contribution in [0.3, 0.4) is 0 Å². The molecule has 1 rings (SSSR count). The van der Waals surface area contributed by atoms with E-state index in [0.717, 1.165) is 11.3 Å². The Morgan fingerprint density at radius 2 is 2.11 bits per heavy atom. The van der Waals surface area contributed by atoms with E-state index < -0.39 is 0 Å². The lowest BCUT2D eigenvalue weighted by atomic mass is 10.1. The third-order valence-electron chi connectivity index (χ3n) is 2.30. The van der Waals surface area contributed by atoms with E-state index in [9.17, 15) is 4.79 Å². The fourth-order valence-electron chi connectivity index (χ4n) is 1.47. The van der Waals surface area contributed by atoms with Crippen LogP contribution in [0.25, 0.3) is 0 Å². The molecule has 0 heterocycles. The summed E-state index contributed by atoms with van der Waals surface area (Å²) in [4.78, 5) is 11.4. The topological polar surface area (TPSA) is 38.3 Å². The van der Waals surface area contributed by atoms with Gasteiger partial charge in [0.15, 0.2) is 0 Å². The number of hydrogen-bond donors (Lipinski definition) is 1. The van der Waals surface area contributed by atoms with E-state index in [4.69, 9.17) is 4.74 Å². The van der Waals surface area contributed by atoms with Gasteiger partial charge in [0.1, 0.15) is 5.75 Å². The van der Waals surface area contributed by atoms with Crippen LogP contribution in [0, 0.1) is 17.8 Å². The number of methoxy groups -OCH3 is 1. The van der Waals surface area contributed by atoms with Gasteiger partial charge in [-0.05, 0) is 18.1 Å². The monoisotopic (exact) mass is 245 g/mol. The van der Waals surface area contributed by atoms with Crippen LogP contribution >= 0.6 is 0 Å². The SMILES string of the molecule is COc1ccccc1C#CCNC(=O)CC(C)C. The fourth-order valence-corrected chi connectivity index (χ4v) is 1.47. The van der Waals surface area contributed by atoms with Gasteiger partial charge in [-0.15, -0.1) is 0 Å². The average molecular weight is 245 g/mol. The van der Waals surface area contributed by atoms with E-state index in [1.807, 2.05) is 38.1 Å². The maximum absolute atomic E-state index is 11.4. The number of para-hydroxylation sites is 1. The summed E-state index contributed by atoms with van der Waals surface area (Å²) >= 11 is 0. The summed E-state index contributed by atoms with van der Waals surface area (Å²) in [5, 5.41) is 2.77. The molecule has 3 nitrogen and oxygen atoms in total. The second-order valence-electron chi connectivity index (χ2n) is 4.38. The maximum atomic E-state index is 11.4. The molecule has 0 unspecified atom stereocenters. The van der Waals surface area contributed by atoms with Gasteiger partial charge in [0, 0.05) is 6.42 Å². The van der Waals surface area contributed by atoms with Gasteiger partial charge in [-0.3, -0.25) is 4.79 Å². The Morgan fingerprint density at radius 3 is 2.78 bits per heavy atom. The van der Waals surface area contributed by atoms with Crippen molar-refractivity contribution < 1.29 is 9.53 Å². The van der Waals surface area contributed by atoms with Crippen LogP contribution < -0.4 is 10.1 Å². The van der Waals surface area contributed by atoms with E-state index in [-0.39, 0.29) is 5.91 Å². The predicted molar refractivity (Wildman–Crippen MR) is 72.3 cm³/mol. The Labute approximate surface area is 109 Å². The molecule has 0 aliphatic rings. The van der Waals surface area contributed by atoms with Gasteiger partial charge < -0.3 is 10.1 Å². The van der Waals surface area contributed by atoms with Crippen molar-refractivity contribution in [3.05, 3.63) is 29.8 Å². The van der Waals surface area contributed by atoms with E-state index in [2.05, 4.69) is 17.2 Å². The van der Waals surface area contributed by atoms with Crippen molar-refractivity contribution in [2.75, 3.05) is 13.7 Å². The molecule has 0 aromatic heterocycles. The van der Waals surface area contributed by atoms with E-state index in [0.29, 0.717) is 18.9 Å². The summed E-state index contributed by atoms with van der Waals surface area (Å²) in [5.74, 6) is 7.06. The molecule has 0 atom stereocenters. The third-order valence-corrected chi connectivity index (χ3v) is 2.30. The number of carbonyl (C=O) groups is 1. The number of nitrogens with one attached hydrogen (secondary N) is 1. The molecular weight excluding hydrogens is 226 g/mol. The van der Waals surface area contributed by atoms with Crippen molar-refractivity contribution in [2.45, 2.75) is 20.3 Å². The Balaban J connectivity index is 2.49. The van der Waals surface area contributed by atoms with Crippen molar-refractivity contribution in [1.29, 1.82) is 0 Å². The Morgan fingerprint density at radius 1 is 1.39 bits per heavy atom. The highest BCUT2D eigenvalue weighted by atomic mass is 16.5. The normalized spacial score (nSPS) is 9.56. The molecule has 0 aliphatic heterocycles. The van der Waals surface area contributed by atoms with Crippen LogP contribution in [0.15, 0.2) is 24.3 Å². The second kappa shape index (κ2) is 7.39. The Kier molecular flexibility index (Phi) is 5.79. The molecule has 1 aromatic rings. The molecule has 0 bridgehead atoms. The first-order valence-electron chi connectivity index (χ1n) is 6.02. The quantitative estimate of drug-likeness (QED) is 0.826. The minimum atomic E-state index is 0.0410. The van der Waals surface area contributed by atoms with Crippen molar-refractivity contribution in [2.24, 2.45) is 5.92 Å². The van der Waals surface area contributed by atoms with Crippen LogP contribution in [0.4, 0.5) is 0 Å². The molecule has 1 N–H and O–H groups in total. The largest absolute Gasteiger partial charge is 0.495 e. The summed E-state index contributed by atoms with van der Waals surface area (Å²) < 4.78 is 5.19. The Hall–Kier alpha value is -1.95. The molecule has 0 saturated carbocycles. The van der Waals surface area contributed by atoms with Crippen LogP contribution in [0.1, 0.15) is 25.8 Å². The zero-order valence-electron chi connectivity index (χ0n) is 11.1. The zero-order chi connectivity index (χ0) is 13.4. The van der Waals surface area contributed by atoms with Crippen molar-refractivity contribution in [1.82, 2.24) is 5.32 Å². The molecule has 18 heavy (non-hydrogen) atoms. The molecular formula is C15H19NO2. The summed E-state index contributed by atoms with van der Waals surface area (Å²) in [7, 11) is 1.62. The summed E-state index contributed by atoms with van der Waals surface area (Å²) in [5.41, 5.74) is 0.832. The van der Waals surface area contributed by atoms with Crippen molar-refractivity contribution in [3.63, 3.8) is 0 Å². The molecule has 0 spiro atoms. The first kappa shape index (κ1) is 14.1. The minimum absolute atomic E-state index is 0.0410. The van der Waals surface area contributed by atoms with Gasteiger partial charge in [-0.2, -0.15) is 0 Å². The van der Waals surface area contributed by atoms with Gasteiger partial charge in [-0.1, -0.05) is 37.8 Å². The highest BCUT2D eigenvalue weighted by Crippen LogP contribution is 2.15. The van der Waals surface area contributed by atoms with Gasteiger partial charge in [0.2, 0.25) is 5.91 Å². The lowest BCUT2D eigenvalue weighted by Gasteiger charge is -2.03. The van der Waals surface area contributed by atoms with Gasteiger partial charge in [-0.25, -0.2) is 0 Å². The van der Waals surface area contributed by atoms with E-state index in [1.165, 1.54) is 0 Å². The van der Waals surface area contributed by atoms with Crippen molar-refractivity contribution >= 4 is 5.91 Å². The molecule has 1 aromatic carbocycles. The first-order chi connectivity index (χ1) is 8.63. The smallest absolute Gasteiger partial charge is 0.221 e. The summed E-state index contributed by atoms with van der Waals surface area (Å²) in [6.07, 6.45) is 0.538. The number of hydrogen-bond acceptors (Lipinski definition) is 2. The number of benzene rings is 1. The second-order valence-corrected chi connectivity index (χ2v) is 4.38. The lowest BCUT2D eigenvalue weighted by Crippen LogP contribution is -2.24. The summed E-state index contributed by atoms with van der Waals surface area (Å²) in [6.45, 7) is 4.39. The number of carbonyl (C=O) groups excluding carboxylic acids is 1. The summed E-state index contributed by atoms with van der Waals surface area (Å²) in [6, 6.07) is 7.56. The first-order valence-corrected chi connectivity index (χ1v) is 6.02. The molecule has 0 saturated heterocycles. The minimum Gasteiger partial charge on any atom is -0.495 e. The molecule has 1 amide bonds. The maximum Gasteiger partial charge on any atom is 0.221 e. The van der Waals surface area contributed by atoms with Crippen LogP contribution in [-0.4, -0.2) is 19.6 Å². The highest BCUT2D eigenvalue weighted by Gasteiger charge is 2.02. The number of ether oxygens (including phenoxy) is 1. The van der Waals surface area contributed by atoms with Gasteiger partial charge in [0.25, 0.3) is 0 Å². The van der Waals surface area contributed by atoms with Gasteiger partial charge >= 0.3 is 0 Å². The van der Waals surface area contributed by atoms with Crippen LogP contribution in [0.5, 0.6) is 5.75 Å². The number of rotatable bonds is 4.